The zero-order valence-electron chi connectivity index (χ0n) is 28.6. The molecule has 7 aromatic carbocycles. The number of hydrogen-bond donors (Lipinski definition) is 0. The SMILES string of the molecule is CC(C)(C)c1cc2ccc3c4c(ccc(c1)c24)=C(c1ccc(-c2ccccn2)cc1)CC3(C)c1cccc(-c2ccc3ccccc3c2)c1. The standard InChI is InChI=1S/C48H39N/c1-47(2,3)40-28-37-21-23-41-42(32-16-18-33(19-17-32)44-14-7-8-25-49-44)30-48(4,43-24-22-38(29-40)45(37)46(41)43)39-13-9-12-35(27-39)36-20-15-31-10-5-6-11-34(31)26-36/h5-29H,30H2,1-4H3. The maximum Gasteiger partial charge on any atom is 0.0701 e. The van der Waals surface area contributed by atoms with Crippen molar-refractivity contribution in [2.24, 2.45) is 0 Å². The molecule has 0 radical (unpaired) electrons. The second-order valence-electron chi connectivity index (χ2n) is 15.1. The summed E-state index contributed by atoms with van der Waals surface area (Å²) >= 11 is 0. The van der Waals surface area contributed by atoms with E-state index in [0.29, 0.717) is 0 Å². The largest absolute Gasteiger partial charge is 0.256 e. The van der Waals surface area contributed by atoms with Gasteiger partial charge in [0.05, 0.1) is 5.69 Å². The fourth-order valence-corrected chi connectivity index (χ4v) is 8.16. The predicted octanol–water partition coefficient (Wildman–Crippen LogP) is 11.8. The van der Waals surface area contributed by atoms with Crippen LogP contribution in [0.3, 0.4) is 0 Å². The van der Waals surface area contributed by atoms with Crippen molar-refractivity contribution in [2.75, 3.05) is 0 Å². The van der Waals surface area contributed by atoms with Crippen molar-refractivity contribution in [3.8, 4) is 22.4 Å². The fraction of sp³-hybridized carbons (Fsp3) is 0.146. The summed E-state index contributed by atoms with van der Waals surface area (Å²) in [5, 5.41) is 9.30. The van der Waals surface area contributed by atoms with Gasteiger partial charge in [-0.25, -0.2) is 0 Å². The molecule has 236 valence electrons. The highest BCUT2D eigenvalue weighted by Crippen LogP contribution is 2.47. The van der Waals surface area contributed by atoms with E-state index < -0.39 is 0 Å². The molecule has 1 aliphatic carbocycles. The molecule has 0 N–H and O–H groups in total. The van der Waals surface area contributed by atoms with E-state index in [1.165, 1.54) is 76.5 Å². The van der Waals surface area contributed by atoms with E-state index in [2.05, 4.69) is 172 Å². The van der Waals surface area contributed by atoms with Gasteiger partial charge in [0.1, 0.15) is 0 Å². The monoisotopic (exact) mass is 629 g/mol. The predicted molar refractivity (Wildman–Crippen MR) is 208 cm³/mol. The molecule has 0 fully saturated rings. The van der Waals surface area contributed by atoms with Crippen molar-refractivity contribution in [3.05, 3.63) is 179 Å². The van der Waals surface area contributed by atoms with E-state index in [1.54, 1.807) is 0 Å². The van der Waals surface area contributed by atoms with Crippen molar-refractivity contribution >= 4 is 37.9 Å². The zero-order chi connectivity index (χ0) is 33.3. The summed E-state index contributed by atoms with van der Waals surface area (Å²) in [4.78, 5) is 4.61. The molecule has 0 spiro atoms. The number of benzene rings is 7. The van der Waals surface area contributed by atoms with Crippen molar-refractivity contribution in [1.82, 2.24) is 4.98 Å². The summed E-state index contributed by atoms with van der Waals surface area (Å²) in [6.07, 6.45) is 2.77. The van der Waals surface area contributed by atoms with E-state index >= 15 is 0 Å². The molecule has 1 nitrogen and oxygen atoms in total. The Morgan fingerprint density at radius 1 is 0.531 bits per heavy atom. The van der Waals surface area contributed by atoms with Gasteiger partial charge in [-0.15, -0.1) is 0 Å². The lowest BCUT2D eigenvalue weighted by atomic mass is 9.65. The van der Waals surface area contributed by atoms with Crippen molar-refractivity contribution in [3.63, 3.8) is 0 Å². The Morgan fingerprint density at radius 3 is 1.96 bits per heavy atom. The van der Waals surface area contributed by atoms with Gasteiger partial charge in [-0.3, -0.25) is 4.98 Å². The molecule has 0 bridgehead atoms. The molecule has 1 aromatic heterocycles. The van der Waals surface area contributed by atoms with Crippen LogP contribution in [0.2, 0.25) is 0 Å². The number of pyridine rings is 1. The Hall–Kier alpha value is -5.53. The molecule has 1 atom stereocenters. The highest BCUT2D eigenvalue weighted by atomic mass is 14.7. The first kappa shape index (κ1) is 29.6. The first-order valence-corrected chi connectivity index (χ1v) is 17.4. The van der Waals surface area contributed by atoms with Crippen LogP contribution in [-0.2, 0) is 10.8 Å². The molecule has 8 aromatic rings. The Labute approximate surface area is 288 Å². The zero-order valence-corrected chi connectivity index (χ0v) is 28.6. The van der Waals surface area contributed by atoms with Crippen LogP contribution in [0, 0.1) is 0 Å². The van der Waals surface area contributed by atoms with Gasteiger partial charge in [-0.1, -0.05) is 155 Å². The van der Waals surface area contributed by atoms with Gasteiger partial charge in [-0.2, -0.15) is 0 Å². The lowest BCUT2D eigenvalue weighted by Crippen LogP contribution is -2.32. The van der Waals surface area contributed by atoms with Crippen LogP contribution >= 0.6 is 0 Å². The van der Waals surface area contributed by atoms with Crippen LogP contribution in [0.4, 0.5) is 0 Å². The molecule has 1 heterocycles. The third-order valence-electron chi connectivity index (χ3n) is 10.9. The Morgan fingerprint density at radius 2 is 1.20 bits per heavy atom. The van der Waals surface area contributed by atoms with E-state index in [-0.39, 0.29) is 10.8 Å². The topological polar surface area (TPSA) is 12.9 Å². The van der Waals surface area contributed by atoms with Gasteiger partial charge in [0.2, 0.25) is 0 Å². The quantitative estimate of drug-likeness (QED) is 0.189. The smallest absolute Gasteiger partial charge is 0.0701 e. The minimum absolute atomic E-state index is 0.0722. The molecule has 0 amide bonds. The van der Waals surface area contributed by atoms with Crippen molar-refractivity contribution < 1.29 is 0 Å². The lowest BCUT2D eigenvalue weighted by Gasteiger charge is -2.37. The number of nitrogens with zero attached hydrogens (tertiary/aromatic N) is 1. The highest BCUT2D eigenvalue weighted by molar-refractivity contribution is 6.13. The van der Waals surface area contributed by atoms with Gasteiger partial charge in [0.25, 0.3) is 0 Å². The van der Waals surface area contributed by atoms with E-state index in [0.717, 1.165) is 17.7 Å². The molecule has 49 heavy (non-hydrogen) atoms. The van der Waals surface area contributed by atoms with Crippen molar-refractivity contribution in [1.29, 1.82) is 0 Å². The van der Waals surface area contributed by atoms with Crippen LogP contribution < -0.4 is 5.22 Å². The Kier molecular flexibility index (Phi) is 6.65. The summed E-state index contributed by atoms with van der Waals surface area (Å²) in [7, 11) is 0. The summed E-state index contributed by atoms with van der Waals surface area (Å²) in [6, 6.07) is 54.3. The van der Waals surface area contributed by atoms with Crippen LogP contribution in [0.15, 0.2) is 152 Å². The molecule has 1 aliphatic rings. The summed E-state index contributed by atoms with van der Waals surface area (Å²) in [6.45, 7) is 9.39. The van der Waals surface area contributed by atoms with Gasteiger partial charge in [-0.05, 0) is 107 Å². The Bertz CT molecular complexity index is 2590. The molecule has 1 heteroatoms. The van der Waals surface area contributed by atoms with Crippen LogP contribution in [-0.4, -0.2) is 4.98 Å². The maximum atomic E-state index is 4.61. The molecule has 0 aliphatic heterocycles. The molecular formula is C48H39N. The Balaban J connectivity index is 1.27. The van der Waals surface area contributed by atoms with Gasteiger partial charge < -0.3 is 0 Å². The van der Waals surface area contributed by atoms with Gasteiger partial charge >= 0.3 is 0 Å². The first-order chi connectivity index (χ1) is 23.8. The van der Waals surface area contributed by atoms with Gasteiger partial charge in [0, 0.05) is 17.2 Å². The summed E-state index contributed by atoms with van der Waals surface area (Å²) in [5.41, 5.74) is 11.3. The normalized spacial score (nSPS) is 16.1. The second-order valence-corrected chi connectivity index (χ2v) is 15.1. The summed E-state index contributed by atoms with van der Waals surface area (Å²) < 4.78 is 0. The third kappa shape index (κ3) is 4.87. The number of fused-ring (bicyclic) bond motifs is 1. The van der Waals surface area contributed by atoms with E-state index in [1.807, 2.05) is 12.3 Å². The van der Waals surface area contributed by atoms with Crippen LogP contribution in [0.25, 0.3) is 60.3 Å². The average Bonchev–Trinajstić information content (AvgIpc) is 3.14. The first-order valence-electron chi connectivity index (χ1n) is 17.4. The lowest BCUT2D eigenvalue weighted by molar-refractivity contribution is 0.587. The maximum absolute atomic E-state index is 4.61. The number of rotatable bonds is 4. The average molecular weight is 630 g/mol. The second kappa shape index (κ2) is 11.0. The third-order valence-corrected chi connectivity index (χ3v) is 10.9. The number of aromatic nitrogens is 1. The highest BCUT2D eigenvalue weighted by Gasteiger charge is 2.36. The fourth-order valence-electron chi connectivity index (χ4n) is 8.16. The number of hydrogen-bond acceptors (Lipinski definition) is 1. The minimum Gasteiger partial charge on any atom is -0.256 e. The molecular weight excluding hydrogens is 591 g/mol. The van der Waals surface area contributed by atoms with E-state index in [4.69, 9.17) is 0 Å². The minimum atomic E-state index is -0.236. The van der Waals surface area contributed by atoms with Gasteiger partial charge in [0.15, 0.2) is 0 Å². The van der Waals surface area contributed by atoms with Crippen LogP contribution in [0.5, 0.6) is 0 Å². The molecule has 0 saturated carbocycles. The van der Waals surface area contributed by atoms with Crippen molar-refractivity contribution in [2.45, 2.75) is 44.9 Å². The van der Waals surface area contributed by atoms with Crippen LogP contribution in [0.1, 0.15) is 56.4 Å². The molecule has 1 unspecified atom stereocenters. The van der Waals surface area contributed by atoms with E-state index in [9.17, 15) is 0 Å². The molecule has 9 rings (SSSR count). The molecule has 0 saturated heterocycles. The summed E-state index contributed by atoms with van der Waals surface area (Å²) in [5.74, 6) is 0.